The molecule has 27 heavy (non-hydrogen) atoms. The average molecular weight is 365 g/mol. The SMILES string of the molecule is CCCn1ccnc1CCCN(C)C(=O)c1cnn(-c2ccccc2C)c1. The van der Waals surface area contributed by atoms with Crippen LogP contribution in [0.15, 0.2) is 49.1 Å². The van der Waals surface area contributed by atoms with E-state index in [0.717, 1.165) is 42.9 Å². The fourth-order valence-electron chi connectivity index (χ4n) is 3.19. The maximum Gasteiger partial charge on any atom is 0.256 e. The molecule has 0 fully saturated rings. The monoisotopic (exact) mass is 365 g/mol. The first-order chi connectivity index (χ1) is 13.1. The summed E-state index contributed by atoms with van der Waals surface area (Å²) in [5, 5.41) is 4.36. The van der Waals surface area contributed by atoms with Gasteiger partial charge < -0.3 is 9.47 Å². The van der Waals surface area contributed by atoms with Crippen molar-refractivity contribution < 1.29 is 4.79 Å². The molecule has 0 aliphatic carbocycles. The summed E-state index contributed by atoms with van der Waals surface area (Å²) in [6, 6.07) is 8.00. The molecule has 0 atom stereocenters. The highest BCUT2D eigenvalue weighted by Crippen LogP contribution is 2.14. The maximum atomic E-state index is 12.7. The molecule has 6 heteroatoms. The minimum Gasteiger partial charge on any atom is -0.342 e. The van der Waals surface area contributed by atoms with E-state index < -0.39 is 0 Å². The molecule has 0 radical (unpaired) electrons. The van der Waals surface area contributed by atoms with Gasteiger partial charge in [0.05, 0.1) is 17.4 Å². The number of aryl methyl sites for hydroxylation is 3. The van der Waals surface area contributed by atoms with Gasteiger partial charge in [-0.3, -0.25) is 4.79 Å². The smallest absolute Gasteiger partial charge is 0.256 e. The number of nitrogens with zero attached hydrogens (tertiary/aromatic N) is 5. The van der Waals surface area contributed by atoms with E-state index in [1.54, 1.807) is 22.0 Å². The van der Waals surface area contributed by atoms with E-state index >= 15 is 0 Å². The standard InChI is InChI=1S/C21H27N5O/c1-4-12-25-14-11-22-20(25)10-7-13-24(3)21(27)18-15-23-26(16-18)19-9-6-5-8-17(19)2/h5-6,8-9,11,14-16H,4,7,10,12-13H2,1-3H3. The van der Waals surface area contributed by atoms with Crippen LogP contribution in [-0.4, -0.2) is 43.7 Å². The molecule has 3 rings (SSSR count). The van der Waals surface area contributed by atoms with Crippen molar-refractivity contribution in [3.8, 4) is 5.69 Å². The number of amides is 1. The lowest BCUT2D eigenvalue weighted by Gasteiger charge is -2.16. The average Bonchev–Trinajstić information content (AvgIpc) is 3.32. The predicted octanol–water partition coefficient (Wildman–Crippen LogP) is 3.49. The molecule has 3 aromatic rings. The molecule has 0 unspecified atom stereocenters. The van der Waals surface area contributed by atoms with E-state index in [4.69, 9.17) is 0 Å². The summed E-state index contributed by atoms with van der Waals surface area (Å²) in [7, 11) is 1.84. The summed E-state index contributed by atoms with van der Waals surface area (Å²) in [5.74, 6) is 1.08. The van der Waals surface area contributed by atoms with Crippen molar-refractivity contribution in [3.63, 3.8) is 0 Å². The Balaban J connectivity index is 1.58. The number of carbonyl (C=O) groups excluding carboxylic acids is 1. The van der Waals surface area contributed by atoms with Crippen molar-refractivity contribution in [2.45, 2.75) is 39.7 Å². The molecule has 142 valence electrons. The molecule has 2 heterocycles. The molecule has 0 aliphatic heterocycles. The van der Waals surface area contributed by atoms with Crippen LogP contribution < -0.4 is 0 Å². The van der Waals surface area contributed by atoms with Gasteiger partial charge in [-0.25, -0.2) is 9.67 Å². The van der Waals surface area contributed by atoms with Crippen molar-refractivity contribution >= 4 is 5.91 Å². The van der Waals surface area contributed by atoms with Gasteiger partial charge in [-0.1, -0.05) is 25.1 Å². The minimum atomic E-state index is -0.00765. The Hall–Kier alpha value is -2.89. The van der Waals surface area contributed by atoms with Crippen molar-refractivity contribution in [1.29, 1.82) is 0 Å². The molecule has 0 spiro atoms. The van der Waals surface area contributed by atoms with Crippen LogP contribution in [0.3, 0.4) is 0 Å². The maximum absolute atomic E-state index is 12.7. The molecule has 6 nitrogen and oxygen atoms in total. The quantitative estimate of drug-likeness (QED) is 0.614. The third kappa shape index (κ3) is 4.45. The lowest BCUT2D eigenvalue weighted by Crippen LogP contribution is -2.28. The van der Waals surface area contributed by atoms with Gasteiger partial charge in [-0.15, -0.1) is 0 Å². The summed E-state index contributed by atoms with van der Waals surface area (Å²) in [6.45, 7) is 5.87. The number of imidazole rings is 1. The van der Waals surface area contributed by atoms with Gasteiger partial charge in [-0.05, 0) is 31.4 Å². The molecular formula is C21H27N5O. The topological polar surface area (TPSA) is 56.0 Å². The van der Waals surface area contributed by atoms with Crippen molar-refractivity contribution in [3.05, 3.63) is 66.0 Å². The van der Waals surface area contributed by atoms with Gasteiger partial charge in [0.15, 0.2) is 0 Å². The Bertz CT molecular complexity index is 895. The van der Waals surface area contributed by atoms with Gasteiger partial charge in [-0.2, -0.15) is 5.10 Å². The molecule has 0 aliphatic rings. The van der Waals surface area contributed by atoms with Gasteiger partial charge in [0.25, 0.3) is 5.91 Å². The molecule has 2 aromatic heterocycles. The molecule has 0 saturated carbocycles. The van der Waals surface area contributed by atoms with Crippen LogP contribution >= 0.6 is 0 Å². The molecule has 0 N–H and O–H groups in total. The van der Waals surface area contributed by atoms with Crippen molar-refractivity contribution in [2.24, 2.45) is 0 Å². The van der Waals surface area contributed by atoms with Gasteiger partial charge in [0.1, 0.15) is 5.82 Å². The van der Waals surface area contributed by atoms with E-state index in [1.165, 1.54) is 0 Å². The predicted molar refractivity (Wildman–Crippen MR) is 106 cm³/mol. The zero-order valence-electron chi connectivity index (χ0n) is 16.3. The molecule has 1 amide bonds. The normalized spacial score (nSPS) is 10.9. The third-order valence-electron chi connectivity index (χ3n) is 4.70. The van der Waals surface area contributed by atoms with E-state index in [2.05, 4.69) is 21.6 Å². The lowest BCUT2D eigenvalue weighted by atomic mass is 10.2. The van der Waals surface area contributed by atoms with Crippen LogP contribution in [0.4, 0.5) is 0 Å². The molecule has 0 bridgehead atoms. The Morgan fingerprint density at radius 1 is 1.26 bits per heavy atom. The van der Waals surface area contributed by atoms with E-state index in [1.807, 2.05) is 50.6 Å². The van der Waals surface area contributed by atoms with E-state index in [0.29, 0.717) is 12.1 Å². The second-order valence-electron chi connectivity index (χ2n) is 6.83. The van der Waals surface area contributed by atoms with Crippen LogP contribution in [0.5, 0.6) is 0 Å². The first-order valence-corrected chi connectivity index (χ1v) is 9.46. The number of benzene rings is 1. The number of carbonyl (C=O) groups is 1. The Labute approximate surface area is 160 Å². The summed E-state index contributed by atoms with van der Waals surface area (Å²) in [6.07, 6.45) is 10.1. The van der Waals surface area contributed by atoms with Crippen molar-refractivity contribution in [2.75, 3.05) is 13.6 Å². The van der Waals surface area contributed by atoms with Crippen LogP contribution in [0.25, 0.3) is 5.69 Å². The summed E-state index contributed by atoms with van der Waals surface area (Å²) < 4.78 is 3.95. The van der Waals surface area contributed by atoms with Crippen LogP contribution in [0, 0.1) is 6.92 Å². The van der Waals surface area contributed by atoms with Crippen LogP contribution in [0.1, 0.15) is 41.5 Å². The summed E-state index contributed by atoms with van der Waals surface area (Å²) in [5.41, 5.74) is 2.71. The highest BCUT2D eigenvalue weighted by atomic mass is 16.2. The first-order valence-electron chi connectivity index (χ1n) is 9.46. The highest BCUT2D eigenvalue weighted by Gasteiger charge is 2.15. The van der Waals surface area contributed by atoms with Gasteiger partial charge in [0, 0.05) is 45.1 Å². The Morgan fingerprint density at radius 3 is 2.85 bits per heavy atom. The number of rotatable bonds is 8. The molecule has 1 aromatic carbocycles. The lowest BCUT2D eigenvalue weighted by molar-refractivity contribution is 0.0793. The Kier molecular flexibility index (Phi) is 6.06. The first kappa shape index (κ1) is 18.9. The number of aromatic nitrogens is 4. The minimum absolute atomic E-state index is 0.00765. The second kappa shape index (κ2) is 8.66. The highest BCUT2D eigenvalue weighted by molar-refractivity contribution is 5.93. The number of para-hydroxylation sites is 1. The summed E-state index contributed by atoms with van der Waals surface area (Å²) in [4.78, 5) is 18.9. The largest absolute Gasteiger partial charge is 0.342 e. The summed E-state index contributed by atoms with van der Waals surface area (Å²) >= 11 is 0. The van der Waals surface area contributed by atoms with Gasteiger partial charge >= 0.3 is 0 Å². The molecular weight excluding hydrogens is 338 g/mol. The van der Waals surface area contributed by atoms with E-state index in [-0.39, 0.29) is 5.91 Å². The van der Waals surface area contributed by atoms with Crippen molar-refractivity contribution in [1.82, 2.24) is 24.2 Å². The van der Waals surface area contributed by atoms with E-state index in [9.17, 15) is 4.79 Å². The number of hydrogen-bond acceptors (Lipinski definition) is 3. The number of hydrogen-bond donors (Lipinski definition) is 0. The van der Waals surface area contributed by atoms with Crippen LogP contribution in [-0.2, 0) is 13.0 Å². The fraction of sp³-hybridized carbons (Fsp3) is 0.381. The second-order valence-corrected chi connectivity index (χ2v) is 6.83. The third-order valence-corrected chi connectivity index (χ3v) is 4.70. The Morgan fingerprint density at radius 2 is 2.07 bits per heavy atom. The zero-order chi connectivity index (χ0) is 19.2. The fourth-order valence-corrected chi connectivity index (χ4v) is 3.19. The van der Waals surface area contributed by atoms with Gasteiger partial charge in [0.2, 0.25) is 0 Å². The molecule has 0 saturated heterocycles. The van der Waals surface area contributed by atoms with Crippen LogP contribution in [0.2, 0.25) is 0 Å². The zero-order valence-corrected chi connectivity index (χ0v) is 16.3.